The van der Waals surface area contributed by atoms with Crippen LogP contribution in [0.3, 0.4) is 0 Å². The van der Waals surface area contributed by atoms with Gasteiger partial charge in [-0.3, -0.25) is 0 Å². The minimum atomic E-state index is -2.41. The number of pyridine rings is 1. The van der Waals surface area contributed by atoms with E-state index in [0.717, 1.165) is 100.0 Å². The van der Waals surface area contributed by atoms with E-state index in [1.807, 2.05) is 36.4 Å². The molecule has 0 aliphatic carbocycles. The van der Waals surface area contributed by atoms with Gasteiger partial charge in [-0.25, -0.2) is 0 Å². The van der Waals surface area contributed by atoms with Gasteiger partial charge < -0.3 is 4.74 Å². The Hall–Kier alpha value is -7.53. The number of rotatable bonds is 8. The predicted molar refractivity (Wildman–Crippen MR) is 278 cm³/mol. The molecule has 0 N–H and O–H groups in total. The van der Waals surface area contributed by atoms with Gasteiger partial charge in [0.05, 0.1) is 6.61 Å². The maximum absolute atomic E-state index is 8.76. The fourth-order valence-electron chi connectivity index (χ4n) is 9.98. The van der Waals surface area contributed by atoms with Crippen LogP contribution in [0.4, 0.5) is 0 Å². The molecule has 0 fully saturated rings. The van der Waals surface area contributed by atoms with E-state index in [1.54, 1.807) is 12.3 Å². The second kappa shape index (κ2) is 17.2. The number of ether oxygens (including phenoxy) is 2. The second-order valence-corrected chi connectivity index (χ2v) is 19.8. The molecule has 0 amide bonds. The maximum atomic E-state index is 8.76. The number of fused-ring (bicyclic) bond motifs is 5. The number of aromatic nitrogens is 4. The van der Waals surface area contributed by atoms with E-state index in [2.05, 4.69) is 199 Å². The molecule has 7 heteroatoms. The molecule has 0 radical (unpaired) electrons. The fraction of sp³-hybridized carbons (Fsp3) is 0.129. The van der Waals surface area contributed by atoms with Crippen molar-refractivity contribution in [2.45, 2.75) is 45.9 Å². The molecular weight excluding hydrogens is 1030 g/mol. The molecule has 12 rings (SSSR count). The Morgan fingerprint density at radius 1 is 0.580 bits per heavy atom. The van der Waals surface area contributed by atoms with Gasteiger partial charge in [0, 0.05) is 15.9 Å². The van der Waals surface area contributed by atoms with Crippen molar-refractivity contribution in [1.82, 2.24) is 18.7 Å². The van der Waals surface area contributed by atoms with Gasteiger partial charge in [-0.2, -0.15) is 0 Å². The predicted octanol–water partition coefficient (Wildman–Crippen LogP) is 15.7. The summed E-state index contributed by atoms with van der Waals surface area (Å²) in [6, 6.07) is 64.9. The summed E-state index contributed by atoms with van der Waals surface area (Å²) in [6.07, 6.45) is 3.58. The standard InChI is InChI=1S/C62H50N4O2.Pt/c1-41-34-60(63-39-54(41)44-27-29-46(30-28-44)62(2,3)4)66-57-37-49(31-32-52(57)53-35-45-20-15-33-67-59(45)38-58(53)66)68-48-22-13-21-47(36-48)64-40-65(56-26-12-11-25-55(56)64)61-50(42-16-7-5-8-17-42)23-14-24-51(61)43-18-9-6-10-19-43;/h5-14,16-19,21-32,34-39H,15,20,33H2,1-4H3;/i1D3;. The van der Waals surface area contributed by atoms with Gasteiger partial charge in [0.2, 0.25) is 0 Å². The molecule has 0 saturated carbocycles. The molecule has 0 spiro atoms. The molecule has 6 nitrogen and oxygen atoms in total. The number of para-hydroxylation sites is 3. The number of hydrogen-bond donors (Lipinski definition) is 0. The first kappa shape index (κ1) is 39.5. The van der Waals surface area contributed by atoms with E-state index >= 15 is 0 Å². The van der Waals surface area contributed by atoms with Crippen molar-refractivity contribution in [2.75, 3.05) is 6.61 Å². The molecule has 340 valence electrons. The first-order valence-corrected chi connectivity index (χ1v) is 24.6. The van der Waals surface area contributed by atoms with Crippen LogP contribution in [0.15, 0.2) is 194 Å². The summed E-state index contributed by atoms with van der Waals surface area (Å²) in [5.41, 5.74) is 14.3. The zero-order chi connectivity index (χ0) is 49.3. The number of aryl methyl sites for hydroxylation is 2. The van der Waals surface area contributed by atoms with Gasteiger partial charge in [-0.15, -0.1) is 0 Å². The summed E-state index contributed by atoms with van der Waals surface area (Å²) >= 11 is 2.47. The topological polar surface area (TPSA) is 46.1 Å². The molecular formula is C62H50N4O2Pt. The van der Waals surface area contributed by atoms with E-state index in [1.165, 1.54) is 5.56 Å². The molecule has 1 aliphatic rings. The zero-order valence-electron chi connectivity index (χ0n) is 41.5. The van der Waals surface area contributed by atoms with Gasteiger partial charge in [-0.05, 0) is 47.4 Å². The van der Waals surface area contributed by atoms with E-state index in [4.69, 9.17) is 18.6 Å². The van der Waals surface area contributed by atoms with Gasteiger partial charge in [0.1, 0.15) is 5.75 Å². The molecule has 3 aromatic heterocycles. The number of nitrogens with zero attached hydrogens (tertiary/aromatic N) is 4. The van der Waals surface area contributed by atoms with Gasteiger partial charge in [0.25, 0.3) is 0 Å². The normalized spacial score (nSPS) is 13.5. The van der Waals surface area contributed by atoms with Crippen LogP contribution < -0.4 is 9.47 Å². The smallest absolute Gasteiger partial charge is 0.493 e. The van der Waals surface area contributed by atoms with Gasteiger partial charge in [-0.1, -0.05) is 45.0 Å². The Morgan fingerprint density at radius 2 is 1.23 bits per heavy atom. The molecule has 0 atom stereocenters. The van der Waals surface area contributed by atoms with Crippen molar-refractivity contribution in [3.8, 4) is 67.8 Å². The minimum Gasteiger partial charge on any atom is -0.493 e. The molecule has 0 saturated heterocycles. The van der Waals surface area contributed by atoms with E-state index in [-0.39, 0.29) is 11.0 Å². The van der Waals surface area contributed by atoms with Crippen LogP contribution in [0, 0.1) is 10.7 Å². The van der Waals surface area contributed by atoms with Crippen molar-refractivity contribution < 1.29 is 32.9 Å². The molecule has 0 bridgehead atoms. The number of benzene rings is 8. The summed E-state index contributed by atoms with van der Waals surface area (Å²) in [4.78, 5) is 5.04. The monoisotopic (exact) mass is 1080 g/mol. The van der Waals surface area contributed by atoms with Gasteiger partial charge in [0.15, 0.2) is 0 Å². The molecule has 11 aromatic rings. The Morgan fingerprint density at radius 3 is 1.94 bits per heavy atom. The van der Waals surface area contributed by atoms with E-state index < -0.39 is 6.85 Å². The number of hydrogen-bond acceptors (Lipinski definition) is 3. The van der Waals surface area contributed by atoms with Gasteiger partial charge >= 0.3 is 294 Å². The summed E-state index contributed by atoms with van der Waals surface area (Å²) in [5.74, 6) is 2.63. The third-order valence-corrected chi connectivity index (χ3v) is 14.4. The van der Waals surface area contributed by atoms with Crippen LogP contribution >= 0.6 is 0 Å². The van der Waals surface area contributed by atoms with Crippen molar-refractivity contribution in [1.29, 1.82) is 0 Å². The van der Waals surface area contributed by atoms with Crippen LogP contribution in [-0.2, 0) is 31.2 Å². The SMILES string of the molecule is [2H]C([2H])([2H])c1cc(-n2c3cc(Oc4cccc(-n5[c](=[Pt])n(-c6c(-c7ccccc7)cccc6-c6ccccc6)c6ccccc65)c4)ccc3c3cc4c(cc32)OCCC4)ncc1-c1ccc(C(C)(C)C)cc1. The third-order valence-electron chi connectivity index (χ3n) is 13.4. The van der Waals surface area contributed by atoms with Crippen molar-refractivity contribution in [2.24, 2.45) is 0 Å². The van der Waals surface area contributed by atoms with Crippen LogP contribution in [0.25, 0.3) is 83.4 Å². The van der Waals surface area contributed by atoms with E-state index in [0.29, 0.717) is 29.5 Å². The first-order valence-electron chi connectivity index (χ1n) is 25.0. The summed E-state index contributed by atoms with van der Waals surface area (Å²) < 4.78 is 47.1. The molecule has 1 aliphatic heterocycles. The fourth-order valence-corrected chi connectivity index (χ4v) is 11.1. The molecule has 69 heavy (non-hydrogen) atoms. The summed E-state index contributed by atoms with van der Waals surface area (Å²) in [5, 5.41) is 2.04. The second-order valence-electron chi connectivity index (χ2n) is 18.8. The van der Waals surface area contributed by atoms with Crippen LogP contribution in [0.2, 0.25) is 0 Å². The van der Waals surface area contributed by atoms with Crippen LogP contribution in [0.5, 0.6) is 17.2 Å². The van der Waals surface area contributed by atoms with E-state index in [9.17, 15) is 0 Å². The Kier molecular flexibility index (Phi) is 9.84. The minimum absolute atomic E-state index is 0.0399. The average molecular weight is 1080 g/mol. The Bertz CT molecular complexity index is 3890. The Labute approximate surface area is 417 Å². The molecule has 4 heterocycles. The van der Waals surface area contributed by atoms with Crippen LogP contribution in [-0.4, -0.2) is 25.3 Å². The first-order chi connectivity index (χ1) is 34.9. The van der Waals surface area contributed by atoms with Crippen LogP contribution in [0.1, 0.15) is 48.0 Å². The van der Waals surface area contributed by atoms with Crippen molar-refractivity contribution in [3.63, 3.8) is 0 Å². The number of imidazole rings is 1. The quantitative estimate of drug-likeness (QED) is 0.152. The average Bonchev–Trinajstić information content (AvgIpc) is 3.87. The Balaban J connectivity index is 0.982. The third kappa shape index (κ3) is 7.64. The summed E-state index contributed by atoms with van der Waals surface area (Å²) in [7, 11) is 0. The molecule has 8 aromatic carbocycles. The zero-order valence-corrected chi connectivity index (χ0v) is 40.8. The molecule has 0 unspecified atom stereocenters. The summed E-state index contributed by atoms with van der Waals surface area (Å²) in [6.45, 7) is 4.75. The van der Waals surface area contributed by atoms with Crippen molar-refractivity contribution >= 4 is 32.8 Å². The van der Waals surface area contributed by atoms with Crippen molar-refractivity contribution in [3.05, 3.63) is 215 Å².